The second-order valence-corrected chi connectivity index (χ2v) is 11.5. The van der Waals surface area contributed by atoms with Gasteiger partial charge in [0.2, 0.25) is 5.91 Å². The minimum absolute atomic E-state index is 0.219. The molecule has 2 aromatic rings. The molecule has 2 rings (SSSR count). The van der Waals surface area contributed by atoms with E-state index in [1.54, 1.807) is 6.07 Å². The standard InChI is InChI=1S/C36H57N2O3/c1-5-7-8-9-10-11-12-13-14-15-16-17-18-21-29-41-34-25-26-35(31(3)30-34)36(40)38(32(4)39)28-22-24-33-23-19-20-27-37(33)6-2/h19-20,23,25-27,30H,5-18,21-22,24,28-29H2,1-4H3/q+1. The van der Waals surface area contributed by atoms with Gasteiger partial charge in [-0.25, -0.2) is 4.57 Å². The molecule has 0 N–H and O–H groups in total. The number of carbonyl (C=O) groups excluding carboxylic acids is 2. The minimum Gasteiger partial charge on any atom is -0.494 e. The molecule has 0 aliphatic heterocycles. The zero-order valence-electron chi connectivity index (χ0n) is 26.6. The molecule has 0 unspecified atom stereocenters. The summed E-state index contributed by atoms with van der Waals surface area (Å²) in [5, 5.41) is 0. The van der Waals surface area contributed by atoms with Crippen LogP contribution < -0.4 is 9.30 Å². The Morgan fingerprint density at radius 2 is 1.39 bits per heavy atom. The lowest BCUT2D eigenvalue weighted by atomic mass is 10.0. The number of ether oxygens (including phenoxy) is 1. The van der Waals surface area contributed by atoms with Crippen LogP contribution in [0.5, 0.6) is 5.75 Å². The first-order chi connectivity index (χ1) is 20.0. The van der Waals surface area contributed by atoms with Crippen molar-refractivity contribution in [2.45, 2.75) is 137 Å². The van der Waals surface area contributed by atoms with Crippen LogP contribution in [0.25, 0.3) is 0 Å². The highest BCUT2D eigenvalue weighted by Crippen LogP contribution is 2.20. The number of hydrogen-bond donors (Lipinski definition) is 0. The van der Waals surface area contributed by atoms with Gasteiger partial charge in [0.1, 0.15) is 12.3 Å². The lowest BCUT2D eigenvalue weighted by Crippen LogP contribution is -2.39. The van der Waals surface area contributed by atoms with Crippen molar-refractivity contribution in [1.82, 2.24) is 4.90 Å². The number of hydrogen-bond acceptors (Lipinski definition) is 3. The van der Waals surface area contributed by atoms with Crippen LogP contribution in [0.15, 0.2) is 42.6 Å². The Hall–Kier alpha value is -2.69. The molecule has 0 aliphatic carbocycles. The molecule has 0 bridgehead atoms. The Labute approximate surface area is 250 Å². The molecular weight excluding hydrogens is 508 g/mol. The SMILES string of the molecule is CCCCCCCCCCCCCCCCOc1ccc(C(=O)N(CCCc2cccc[n+]2CC)C(C)=O)c(C)c1. The maximum Gasteiger partial charge on any atom is 0.260 e. The molecule has 0 radical (unpaired) electrons. The molecule has 0 atom stereocenters. The van der Waals surface area contributed by atoms with Crippen LogP contribution in [0.4, 0.5) is 0 Å². The number of unbranched alkanes of at least 4 members (excludes halogenated alkanes) is 13. The lowest BCUT2D eigenvalue weighted by molar-refractivity contribution is -0.700. The molecule has 0 saturated heterocycles. The number of aromatic nitrogens is 1. The van der Waals surface area contributed by atoms with Crippen molar-refractivity contribution in [3.8, 4) is 5.75 Å². The fourth-order valence-electron chi connectivity index (χ4n) is 5.47. The van der Waals surface area contributed by atoms with Crippen molar-refractivity contribution in [2.24, 2.45) is 0 Å². The molecule has 5 nitrogen and oxygen atoms in total. The molecule has 0 fully saturated rings. The topological polar surface area (TPSA) is 50.5 Å². The van der Waals surface area contributed by atoms with Gasteiger partial charge in [-0.2, -0.15) is 0 Å². The molecule has 2 amide bonds. The molecule has 1 aromatic heterocycles. The third-order valence-corrected chi connectivity index (χ3v) is 8.01. The van der Waals surface area contributed by atoms with Crippen LogP contribution in [-0.4, -0.2) is 29.9 Å². The first kappa shape index (κ1) is 34.5. The number of rotatable bonds is 22. The average Bonchev–Trinajstić information content (AvgIpc) is 2.97. The van der Waals surface area contributed by atoms with E-state index in [4.69, 9.17) is 4.74 Å². The summed E-state index contributed by atoms with van der Waals surface area (Å²) in [5.74, 6) is 0.338. The lowest BCUT2D eigenvalue weighted by Gasteiger charge is -2.20. The van der Waals surface area contributed by atoms with E-state index >= 15 is 0 Å². The maximum atomic E-state index is 13.3. The second-order valence-electron chi connectivity index (χ2n) is 11.5. The van der Waals surface area contributed by atoms with Crippen molar-refractivity contribution in [1.29, 1.82) is 0 Å². The number of nitrogens with zero attached hydrogens (tertiary/aromatic N) is 2. The van der Waals surface area contributed by atoms with Gasteiger partial charge in [-0.15, -0.1) is 0 Å². The van der Waals surface area contributed by atoms with E-state index in [0.29, 0.717) is 18.7 Å². The Kier molecular flexibility index (Phi) is 17.7. The minimum atomic E-state index is -0.232. The van der Waals surface area contributed by atoms with E-state index in [-0.39, 0.29) is 11.8 Å². The summed E-state index contributed by atoms with van der Waals surface area (Å²) in [5.41, 5.74) is 2.61. The number of pyridine rings is 1. The average molecular weight is 566 g/mol. The smallest absolute Gasteiger partial charge is 0.260 e. The number of aryl methyl sites for hydroxylation is 3. The highest BCUT2D eigenvalue weighted by atomic mass is 16.5. The number of carbonyl (C=O) groups is 2. The largest absolute Gasteiger partial charge is 0.494 e. The summed E-state index contributed by atoms with van der Waals surface area (Å²) in [6.07, 6.45) is 22.4. The monoisotopic (exact) mass is 565 g/mol. The van der Waals surface area contributed by atoms with Crippen LogP contribution >= 0.6 is 0 Å². The van der Waals surface area contributed by atoms with Crippen molar-refractivity contribution in [3.63, 3.8) is 0 Å². The molecule has 228 valence electrons. The highest BCUT2D eigenvalue weighted by molar-refractivity contribution is 6.05. The summed E-state index contributed by atoms with van der Waals surface area (Å²) in [7, 11) is 0. The zero-order valence-corrected chi connectivity index (χ0v) is 26.6. The molecule has 0 spiro atoms. The van der Waals surface area contributed by atoms with E-state index in [0.717, 1.165) is 37.1 Å². The summed E-state index contributed by atoms with van der Waals surface area (Å²) in [4.78, 5) is 27.0. The first-order valence-corrected chi connectivity index (χ1v) is 16.5. The zero-order chi connectivity index (χ0) is 29.7. The Morgan fingerprint density at radius 3 is 1.95 bits per heavy atom. The Morgan fingerprint density at radius 1 is 0.780 bits per heavy atom. The Balaban J connectivity index is 1.64. The summed E-state index contributed by atoms with van der Waals surface area (Å²) >= 11 is 0. The van der Waals surface area contributed by atoms with Crippen LogP contribution in [0.3, 0.4) is 0 Å². The van der Waals surface area contributed by atoms with Gasteiger partial charge in [-0.3, -0.25) is 14.5 Å². The van der Waals surface area contributed by atoms with Crippen molar-refractivity contribution >= 4 is 11.8 Å². The van der Waals surface area contributed by atoms with Gasteiger partial charge >= 0.3 is 0 Å². The molecule has 41 heavy (non-hydrogen) atoms. The van der Waals surface area contributed by atoms with E-state index in [1.807, 2.05) is 31.2 Å². The van der Waals surface area contributed by atoms with Gasteiger partial charge in [0, 0.05) is 37.6 Å². The third kappa shape index (κ3) is 13.7. The molecule has 0 saturated carbocycles. The van der Waals surface area contributed by atoms with Crippen molar-refractivity contribution in [3.05, 3.63) is 59.4 Å². The van der Waals surface area contributed by atoms with Crippen LogP contribution in [0.2, 0.25) is 0 Å². The van der Waals surface area contributed by atoms with Gasteiger partial charge in [-0.1, -0.05) is 96.5 Å². The number of benzene rings is 1. The van der Waals surface area contributed by atoms with Crippen molar-refractivity contribution in [2.75, 3.05) is 13.2 Å². The number of amides is 2. The third-order valence-electron chi connectivity index (χ3n) is 8.01. The van der Waals surface area contributed by atoms with Crippen LogP contribution in [0.1, 0.15) is 139 Å². The summed E-state index contributed by atoms with van der Waals surface area (Å²) < 4.78 is 8.17. The Bertz CT molecular complexity index is 1020. The van der Waals surface area contributed by atoms with Gasteiger partial charge in [0.15, 0.2) is 11.9 Å². The molecule has 1 aromatic carbocycles. The van der Waals surface area contributed by atoms with Gasteiger partial charge in [-0.05, 0) is 50.5 Å². The van der Waals surface area contributed by atoms with Gasteiger partial charge < -0.3 is 4.74 Å². The fraction of sp³-hybridized carbons (Fsp3) is 0.639. The van der Waals surface area contributed by atoms with Crippen molar-refractivity contribution < 1.29 is 18.9 Å². The normalized spacial score (nSPS) is 11.0. The molecule has 1 heterocycles. The van der Waals surface area contributed by atoms with E-state index in [9.17, 15) is 9.59 Å². The molecule has 5 heteroatoms. The summed E-state index contributed by atoms with van der Waals surface area (Å²) in [6.45, 7) is 9.78. The van der Waals surface area contributed by atoms with Gasteiger partial charge in [0.05, 0.1) is 6.61 Å². The van der Waals surface area contributed by atoms with E-state index < -0.39 is 0 Å². The summed E-state index contributed by atoms with van der Waals surface area (Å²) in [6, 6.07) is 11.7. The second kappa shape index (κ2) is 21.1. The highest BCUT2D eigenvalue weighted by Gasteiger charge is 2.22. The van der Waals surface area contributed by atoms with Gasteiger partial charge in [0.25, 0.3) is 5.91 Å². The predicted octanol–water partition coefficient (Wildman–Crippen LogP) is 8.78. The first-order valence-electron chi connectivity index (χ1n) is 16.5. The van der Waals surface area contributed by atoms with E-state index in [1.165, 1.54) is 101 Å². The quantitative estimate of drug-likeness (QED) is 0.106. The fourth-order valence-corrected chi connectivity index (χ4v) is 5.47. The number of imide groups is 1. The van der Waals surface area contributed by atoms with Crippen LogP contribution in [-0.2, 0) is 17.8 Å². The maximum absolute atomic E-state index is 13.3. The predicted molar refractivity (Wildman–Crippen MR) is 169 cm³/mol. The molecular formula is C36H57N2O3+. The van der Waals surface area contributed by atoms with E-state index in [2.05, 4.69) is 30.7 Å². The van der Waals surface area contributed by atoms with Crippen LogP contribution in [0, 0.1) is 6.92 Å². The molecule has 0 aliphatic rings.